The number of amides is 1. The van der Waals surface area contributed by atoms with Gasteiger partial charge in [-0.15, -0.1) is 34.9 Å². The van der Waals surface area contributed by atoms with Crippen molar-refractivity contribution < 1.29 is 4.79 Å². The fourth-order valence-electron chi connectivity index (χ4n) is 2.41. The van der Waals surface area contributed by atoms with Gasteiger partial charge in [0.1, 0.15) is 0 Å². The lowest BCUT2D eigenvalue weighted by atomic mass is 10.3. The molecule has 2 nitrogen and oxygen atoms in total. The van der Waals surface area contributed by atoms with Crippen LogP contribution >= 0.6 is 50.8 Å². The molecule has 2 fully saturated rings. The smallest absolute Gasteiger partial charge is 0.227 e. The number of hydrogen-bond donors (Lipinski definition) is 0. The maximum absolute atomic E-state index is 12.3. The third-order valence-corrected chi connectivity index (χ3v) is 8.51. The summed E-state index contributed by atoms with van der Waals surface area (Å²) in [5.41, 5.74) is 0. The summed E-state index contributed by atoms with van der Waals surface area (Å²) in [6, 6.07) is 2.05. The second-order valence-corrected chi connectivity index (χ2v) is 9.71. The van der Waals surface area contributed by atoms with Crippen LogP contribution in [0.4, 0.5) is 0 Å². The highest BCUT2D eigenvalue weighted by atomic mass is 79.9. The molecule has 0 radical (unpaired) electrons. The average Bonchev–Trinajstić information content (AvgIpc) is 3.04. The van der Waals surface area contributed by atoms with Crippen molar-refractivity contribution in [1.82, 2.24) is 4.90 Å². The van der Waals surface area contributed by atoms with Gasteiger partial charge < -0.3 is 4.90 Å². The highest BCUT2D eigenvalue weighted by Gasteiger charge is 2.43. The monoisotopic (exact) mass is 363 g/mol. The van der Waals surface area contributed by atoms with Crippen LogP contribution < -0.4 is 0 Å². The van der Waals surface area contributed by atoms with Crippen LogP contribution in [0.1, 0.15) is 11.3 Å². The molecule has 3 heterocycles. The summed E-state index contributed by atoms with van der Waals surface area (Å²) in [5, 5.41) is 2.04. The van der Waals surface area contributed by atoms with Gasteiger partial charge in [-0.2, -0.15) is 0 Å². The second-order valence-electron chi connectivity index (χ2n) is 4.58. The normalized spacial score (nSPS) is 21.9. The van der Waals surface area contributed by atoms with Crippen molar-refractivity contribution in [2.75, 3.05) is 24.6 Å². The standard InChI is InChI=1S/C12H14BrNOS3/c13-9-5-10(16-7-9)6-11(15)14-2-1-12(8-14)17-3-4-18-12/h5,7H,1-4,6,8H2. The Labute approximate surface area is 128 Å². The van der Waals surface area contributed by atoms with Crippen molar-refractivity contribution in [1.29, 1.82) is 0 Å². The second kappa shape index (κ2) is 5.38. The fraction of sp³-hybridized carbons (Fsp3) is 0.583. The zero-order valence-electron chi connectivity index (χ0n) is 9.86. The summed E-state index contributed by atoms with van der Waals surface area (Å²) >= 11 is 9.18. The Morgan fingerprint density at radius 1 is 1.44 bits per heavy atom. The summed E-state index contributed by atoms with van der Waals surface area (Å²) in [7, 11) is 0. The minimum Gasteiger partial charge on any atom is -0.340 e. The third kappa shape index (κ3) is 2.76. The molecule has 2 aliphatic heterocycles. The summed E-state index contributed by atoms with van der Waals surface area (Å²) < 4.78 is 1.40. The van der Waals surface area contributed by atoms with E-state index in [0.29, 0.717) is 10.5 Å². The molecule has 1 amide bonds. The van der Waals surface area contributed by atoms with Gasteiger partial charge in [0.2, 0.25) is 5.91 Å². The van der Waals surface area contributed by atoms with Crippen molar-refractivity contribution in [3.63, 3.8) is 0 Å². The summed E-state index contributed by atoms with van der Waals surface area (Å²) in [5.74, 6) is 2.77. The number of rotatable bonds is 2. The lowest BCUT2D eigenvalue weighted by molar-refractivity contribution is -0.129. The van der Waals surface area contributed by atoms with Crippen molar-refractivity contribution in [2.24, 2.45) is 0 Å². The maximum atomic E-state index is 12.3. The Kier molecular flexibility index (Phi) is 3.99. The number of nitrogens with zero attached hydrogens (tertiary/aromatic N) is 1. The summed E-state index contributed by atoms with van der Waals surface area (Å²) in [6.07, 6.45) is 1.71. The van der Waals surface area contributed by atoms with E-state index in [-0.39, 0.29) is 5.91 Å². The van der Waals surface area contributed by atoms with E-state index in [9.17, 15) is 4.79 Å². The maximum Gasteiger partial charge on any atom is 0.227 e. The van der Waals surface area contributed by atoms with Crippen molar-refractivity contribution in [3.8, 4) is 0 Å². The van der Waals surface area contributed by atoms with Crippen LogP contribution in [0.15, 0.2) is 15.9 Å². The molecule has 1 aromatic rings. The average molecular weight is 364 g/mol. The Morgan fingerprint density at radius 2 is 2.22 bits per heavy atom. The van der Waals surface area contributed by atoms with Gasteiger partial charge in [-0.1, -0.05) is 0 Å². The first-order chi connectivity index (χ1) is 8.67. The molecule has 0 atom stereocenters. The summed E-state index contributed by atoms with van der Waals surface area (Å²) in [6.45, 7) is 1.87. The number of hydrogen-bond acceptors (Lipinski definition) is 4. The van der Waals surface area contributed by atoms with Gasteiger partial charge in [0.05, 0.1) is 10.5 Å². The SMILES string of the molecule is O=C(Cc1cc(Br)cs1)N1CCC2(C1)SCCS2. The molecule has 0 aliphatic carbocycles. The zero-order chi connectivity index (χ0) is 12.6. The molecule has 98 valence electrons. The van der Waals surface area contributed by atoms with Gasteiger partial charge in [-0.3, -0.25) is 4.79 Å². The largest absolute Gasteiger partial charge is 0.340 e. The molecule has 2 saturated heterocycles. The Balaban J connectivity index is 1.60. The van der Waals surface area contributed by atoms with Crippen molar-refractivity contribution in [2.45, 2.75) is 16.9 Å². The van der Waals surface area contributed by atoms with E-state index in [0.717, 1.165) is 28.9 Å². The molecule has 1 spiro atoms. The predicted octanol–water partition coefficient (Wildman–Crippen LogP) is 3.46. The van der Waals surface area contributed by atoms with Crippen LogP contribution in [-0.4, -0.2) is 39.5 Å². The van der Waals surface area contributed by atoms with E-state index in [1.54, 1.807) is 11.3 Å². The molecule has 0 N–H and O–H groups in total. The predicted molar refractivity (Wildman–Crippen MR) is 84.6 cm³/mol. The van der Waals surface area contributed by atoms with Crippen LogP contribution in [-0.2, 0) is 11.2 Å². The molecule has 2 aliphatic rings. The lowest BCUT2D eigenvalue weighted by Gasteiger charge is -2.21. The number of carbonyl (C=O) groups is 1. The molecule has 0 saturated carbocycles. The van der Waals surface area contributed by atoms with Gasteiger partial charge in [0.15, 0.2) is 0 Å². The lowest BCUT2D eigenvalue weighted by Crippen LogP contribution is -2.32. The van der Waals surface area contributed by atoms with Gasteiger partial charge >= 0.3 is 0 Å². The number of carbonyl (C=O) groups excluding carboxylic acids is 1. The van der Waals surface area contributed by atoms with E-state index in [1.165, 1.54) is 11.5 Å². The Hall–Kier alpha value is 0.350. The van der Waals surface area contributed by atoms with E-state index in [4.69, 9.17) is 0 Å². The highest BCUT2D eigenvalue weighted by molar-refractivity contribution is 9.10. The van der Waals surface area contributed by atoms with Crippen molar-refractivity contribution >= 4 is 56.7 Å². The van der Waals surface area contributed by atoms with Crippen LogP contribution in [0, 0.1) is 0 Å². The molecular formula is C12H14BrNOS3. The van der Waals surface area contributed by atoms with Gasteiger partial charge in [-0.05, 0) is 28.4 Å². The Morgan fingerprint density at radius 3 is 2.89 bits per heavy atom. The molecular weight excluding hydrogens is 350 g/mol. The van der Waals surface area contributed by atoms with E-state index < -0.39 is 0 Å². The molecule has 0 unspecified atom stereocenters. The number of halogens is 1. The van der Waals surface area contributed by atoms with Gasteiger partial charge in [0, 0.05) is 39.3 Å². The summed E-state index contributed by atoms with van der Waals surface area (Å²) in [4.78, 5) is 15.5. The first kappa shape index (κ1) is 13.3. The van der Waals surface area contributed by atoms with Crippen LogP contribution in [0.25, 0.3) is 0 Å². The minimum atomic E-state index is 0.286. The van der Waals surface area contributed by atoms with Gasteiger partial charge in [-0.25, -0.2) is 0 Å². The third-order valence-electron chi connectivity index (χ3n) is 3.31. The fourth-order valence-corrected chi connectivity index (χ4v) is 7.06. The van der Waals surface area contributed by atoms with Crippen LogP contribution in [0.5, 0.6) is 0 Å². The Bertz CT molecular complexity index is 456. The minimum absolute atomic E-state index is 0.286. The number of thioether (sulfide) groups is 2. The molecule has 3 rings (SSSR count). The van der Waals surface area contributed by atoms with Crippen LogP contribution in [0.3, 0.4) is 0 Å². The molecule has 6 heteroatoms. The van der Waals surface area contributed by atoms with Crippen LogP contribution in [0.2, 0.25) is 0 Å². The van der Waals surface area contributed by atoms with Crippen molar-refractivity contribution in [3.05, 3.63) is 20.8 Å². The van der Waals surface area contributed by atoms with Gasteiger partial charge in [0.25, 0.3) is 0 Å². The zero-order valence-corrected chi connectivity index (χ0v) is 13.9. The molecule has 18 heavy (non-hydrogen) atoms. The van der Waals surface area contributed by atoms with E-state index >= 15 is 0 Å². The van der Waals surface area contributed by atoms with E-state index in [2.05, 4.69) is 20.8 Å². The quantitative estimate of drug-likeness (QED) is 0.802. The highest BCUT2D eigenvalue weighted by Crippen LogP contribution is 2.49. The molecule has 0 aromatic carbocycles. The van der Waals surface area contributed by atoms with E-state index in [1.807, 2.05) is 35.0 Å². The number of likely N-dealkylation sites (tertiary alicyclic amines) is 1. The topological polar surface area (TPSA) is 20.3 Å². The molecule has 0 bridgehead atoms. The first-order valence-corrected chi connectivity index (χ1v) is 9.60. The number of thiophene rings is 1. The molecule has 1 aromatic heterocycles. The first-order valence-electron chi connectivity index (χ1n) is 5.95.